The Hall–Kier alpha value is -3.85. The molecule has 0 bridgehead atoms. The number of thiophene rings is 1. The van der Waals surface area contributed by atoms with Crippen molar-refractivity contribution in [2.75, 3.05) is 0 Å². The molecule has 8 nitrogen and oxygen atoms in total. The van der Waals surface area contributed by atoms with E-state index in [-0.39, 0.29) is 11.1 Å². The Bertz CT molecular complexity index is 1210. The van der Waals surface area contributed by atoms with Crippen molar-refractivity contribution in [3.8, 4) is 32.3 Å². The Labute approximate surface area is 168 Å². The van der Waals surface area contributed by atoms with Crippen LogP contribution in [-0.2, 0) is 7.05 Å². The zero-order valence-corrected chi connectivity index (χ0v) is 15.9. The molecular weight excluding hydrogens is 392 g/mol. The van der Waals surface area contributed by atoms with E-state index in [1.54, 1.807) is 60.3 Å². The van der Waals surface area contributed by atoms with Gasteiger partial charge < -0.3 is 10.2 Å². The third-order valence-electron chi connectivity index (χ3n) is 4.40. The molecule has 0 fully saturated rings. The highest BCUT2D eigenvalue weighted by Gasteiger charge is 2.19. The number of aromatic carboxylic acids is 2. The second-order valence-electron chi connectivity index (χ2n) is 6.24. The highest BCUT2D eigenvalue weighted by atomic mass is 32.1. The van der Waals surface area contributed by atoms with Crippen LogP contribution in [0.3, 0.4) is 0 Å². The summed E-state index contributed by atoms with van der Waals surface area (Å²) in [5.41, 5.74) is 2.93. The zero-order chi connectivity index (χ0) is 20.5. The van der Waals surface area contributed by atoms with Gasteiger partial charge in [-0.15, -0.1) is 16.4 Å². The summed E-state index contributed by atoms with van der Waals surface area (Å²) < 4.78 is 1.56. The van der Waals surface area contributed by atoms with Crippen LogP contribution in [0.5, 0.6) is 0 Å². The predicted molar refractivity (Wildman–Crippen MR) is 107 cm³/mol. The van der Waals surface area contributed by atoms with Crippen LogP contribution in [-0.4, -0.2) is 42.4 Å². The highest BCUT2D eigenvalue weighted by Crippen LogP contribution is 2.42. The van der Waals surface area contributed by atoms with Crippen LogP contribution >= 0.6 is 11.3 Å². The Balaban J connectivity index is 1.84. The van der Waals surface area contributed by atoms with Crippen molar-refractivity contribution < 1.29 is 19.8 Å². The maximum Gasteiger partial charge on any atom is 0.335 e. The molecule has 0 aliphatic rings. The summed E-state index contributed by atoms with van der Waals surface area (Å²) in [6, 6.07) is 15.2. The van der Waals surface area contributed by atoms with Gasteiger partial charge in [-0.3, -0.25) is 0 Å². The largest absolute Gasteiger partial charge is 0.478 e. The fourth-order valence-corrected chi connectivity index (χ4v) is 4.08. The summed E-state index contributed by atoms with van der Waals surface area (Å²) in [6.07, 6.45) is 0. The van der Waals surface area contributed by atoms with E-state index >= 15 is 0 Å². The van der Waals surface area contributed by atoms with E-state index < -0.39 is 11.9 Å². The lowest BCUT2D eigenvalue weighted by Gasteiger charge is -2.03. The third kappa shape index (κ3) is 3.50. The van der Waals surface area contributed by atoms with Crippen LogP contribution in [0, 0.1) is 0 Å². The summed E-state index contributed by atoms with van der Waals surface area (Å²) in [5, 5.41) is 29.9. The molecular formula is C20H14N4O4S. The van der Waals surface area contributed by atoms with Crippen LogP contribution in [0.25, 0.3) is 32.3 Å². The summed E-state index contributed by atoms with van der Waals surface area (Å²) in [7, 11) is 1.74. The summed E-state index contributed by atoms with van der Waals surface area (Å²) in [6.45, 7) is 0. The highest BCUT2D eigenvalue weighted by molar-refractivity contribution is 7.19. The minimum atomic E-state index is -0.986. The van der Waals surface area contributed by atoms with E-state index in [9.17, 15) is 9.59 Å². The summed E-state index contributed by atoms with van der Waals surface area (Å²) in [4.78, 5) is 24.0. The molecule has 9 heteroatoms. The van der Waals surface area contributed by atoms with E-state index in [0.29, 0.717) is 5.82 Å². The molecule has 2 heterocycles. The van der Waals surface area contributed by atoms with Crippen molar-refractivity contribution in [2.24, 2.45) is 7.05 Å². The molecule has 4 aromatic rings. The van der Waals surface area contributed by atoms with Crippen LogP contribution in [0.4, 0.5) is 0 Å². The van der Waals surface area contributed by atoms with Crippen molar-refractivity contribution in [3.05, 3.63) is 65.7 Å². The van der Waals surface area contributed by atoms with E-state index in [1.807, 2.05) is 6.07 Å². The van der Waals surface area contributed by atoms with Gasteiger partial charge in [0, 0.05) is 22.4 Å². The van der Waals surface area contributed by atoms with Gasteiger partial charge in [0.05, 0.1) is 11.1 Å². The van der Waals surface area contributed by atoms with Crippen molar-refractivity contribution in [1.82, 2.24) is 20.2 Å². The van der Waals surface area contributed by atoms with Crippen LogP contribution in [0.15, 0.2) is 54.6 Å². The number of rotatable bonds is 5. The first-order chi connectivity index (χ1) is 13.9. The normalized spacial score (nSPS) is 10.8. The van der Waals surface area contributed by atoms with Crippen molar-refractivity contribution in [2.45, 2.75) is 0 Å². The van der Waals surface area contributed by atoms with E-state index in [4.69, 9.17) is 10.2 Å². The number of aryl methyl sites for hydroxylation is 1. The number of carboxylic acid groups (broad SMARTS) is 2. The Morgan fingerprint density at radius 2 is 1.45 bits per heavy atom. The average molecular weight is 406 g/mol. The van der Waals surface area contributed by atoms with Gasteiger partial charge in [-0.25, -0.2) is 14.3 Å². The molecule has 2 N–H and O–H groups in total. The lowest BCUT2D eigenvalue weighted by atomic mass is 10.1. The van der Waals surface area contributed by atoms with Gasteiger partial charge in [-0.2, -0.15) is 0 Å². The molecule has 0 aliphatic heterocycles. The van der Waals surface area contributed by atoms with Crippen molar-refractivity contribution >= 4 is 23.3 Å². The molecule has 4 rings (SSSR count). The molecule has 144 valence electrons. The van der Waals surface area contributed by atoms with Crippen molar-refractivity contribution in [3.63, 3.8) is 0 Å². The second-order valence-corrected chi connectivity index (χ2v) is 7.30. The average Bonchev–Trinajstić information content (AvgIpc) is 3.34. The number of hydrogen-bond donors (Lipinski definition) is 2. The molecule has 0 saturated heterocycles. The maximum atomic E-state index is 11.1. The van der Waals surface area contributed by atoms with Gasteiger partial charge in [-0.1, -0.05) is 24.3 Å². The van der Waals surface area contributed by atoms with Gasteiger partial charge in [0.25, 0.3) is 0 Å². The molecule has 0 spiro atoms. The fourth-order valence-electron chi connectivity index (χ4n) is 2.91. The molecule has 2 aromatic carbocycles. The molecule has 2 aromatic heterocycles. The lowest BCUT2D eigenvalue weighted by molar-refractivity contribution is 0.0686. The Morgan fingerprint density at radius 1 is 0.897 bits per heavy atom. The molecule has 0 aliphatic carbocycles. The standard InChI is InChI=1S/C20H14N4O4S/c1-24-18(21-22-23-24)15-10-16(11-2-6-13(7-3-11)19(25)26)29-17(15)12-4-8-14(9-5-12)20(27)28/h2-10H,1H3,(H,25,26)(H,27,28). The zero-order valence-electron chi connectivity index (χ0n) is 15.1. The molecule has 0 unspecified atom stereocenters. The number of carboxylic acids is 2. The summed E-state index contributed by atoms with van der Waals surface area (Å²) in [5.74, 6) is -1.39. The Kier molecular flexibility index (Phi) is 4.65. The third-order valence-corrected chi connectivity index (χ3v) is 5.64. The Morgan fingerprint density at radius 3 is 1.93 bits per heavy atom. The SMILES string of the molecule is Cn1nnnc1-c1cc(-c2ccc(C(=O)O)cc2)sc1-c1ccc(C(=O)O)cc1. The van der Waals surface area contributed by atoms with E-state index in [0.717, 1.165) is 26.4 Å². The molecule has 0 saturated carbocycles. The van der Waals surface area contributed by atoms with Crippen LogP contribution < -0.4 is 0 Å². The number of tetrazole rings is 1. The molecule has 0 radical (unpaired) electrons. The maximum absolute atomic E-state index is 11.1. The van der Waals surface area contributed by atoms with Crippen LogP contribution in [0.2, 0.25) is 0 Å². The first-order valence-corrected chi connectivity index (χ1v) is 9.29. The topological polar surface area (TPSA) is 118 Å². The van der Waals surface area contributed by atoms with E-state index in [2.05, 4.69) is 15.5 Å². The van der Waals surface area contributed by atoms with Gasteiger partial charge in [0.2, 0.25) is 0 Å². The second kappa shape index (κ2) is 7.28. The number of aromatic nitrogens is 4. The molecule has 0 amide bonds. The number of hydrogen-bond acceptors (Lipinski definition) is 6. The quantitative estimate of drug-likeness (QED) is 0.519. The fraction of sp³-hybridized carbons (Fsp3) is 0.0500. The number of carbonyl (C=O) groups is 2. The van der Waals surface area contributed by atoms with Gasteiger partial charge in [0.1, 0.15) is 0 Å². The van der Waals surface area contributed by atoms with Crippen molar-refractivity contribution in [1.29, 1.82) is 0 Å². The smallest absolute Gasteiger partial charge is 0.335 e. The number of nitrogens with zero attached hydrogens (tertiary/aromatic N) is 4. The minimum Gasteiger partial charge on any atom is -0.478 e. The molecule has 29 heavy (non-hydrogen) atoms. The first kappa shape index (κ1) is 18.5. The minimum absolute atomic E-state index is 0.205. The van der Waals surface area contributed by atoms with Gasteiger partial charge >= 0.3 is 11.9 Å². The predicted octanol–water partition coefficient (Wildman–Crippen LogP) is 3.67. The molecule has 0 atom stereocenters. The lowest BCUT2D eigenvalue weighted by Crippen LogP contribution is -1.96. The van der Waals surface area contributed by atoms with Gasteiger partial charge in [0.15, 0.2) is 5.82 Å². The monoisotopic (exact) mass is 406 g/mol. The van der Waals surface area contributed by atoms with Crippen LogP contribution in [0.1, 0.15) is 20.7 Å². The van der Waals surface area contributed by atoms with Gasteiger partial charge in [-0.05, 0) is 51.9 Å². The summed E-state index contributed by atoms with van der Waals surface area (Å²) >= 11 is 1.50. The first-order valence-electron chi connectivity index (χ1n) is 8.48. The van der Waals surface area contributed by atoms with E-state index in [1.165, 1.54) is 11.3 Å². The number of benzene rings is 2.